The van der Waals surface area contributed by atoms with Crippen molar-refractivity contribution in [1.29, 1.82) is 0 Å². The first-order valence-corrected chi connectivity index (χ1v) is 8.21. The Labute approximate surface area is 156 Å². The molecule has 7 heteroatoms. The van der Waals surface area contributed by atoms with Gasteiger partial charge in [-0.25, -0.2) is 4.39 Å². The molecule has 0 spiro atoms. The molecule has 0 atom stereocenters. The average molecular weight is 466 g/mol. The number of rotatable bonds is 4. The molecule has 0 fully saturated rings. The molecule has 0 bridgehead atoms. The highest BCUT2D eigenvalue weighted by atomic mass is 127. The highest BCUT2D eigenvalue weighted by Gasteiger charge is 2.09. The van der Waals surface area contributed by atoms with Gasteiger partial charge in [-0.1, -0.05) is 23.2 Å². The van der Waals surface area contributed by atoms with E-state index in [1.54, 1.807) is 18.2 Å². The van der Waals surface area contributed by atoms with Gasteiger partial charge in [-0.15, -0.1) is 0 Å². The Bertz CT molecular complexity index is 781. The predicted molar refractivity (Wildman–Crippen MR) is 99.8 cm³/mol. The van der Waals surface area contributed by atoms with Gasteiger partial charge in [0, 0.05) is 20.2 Å². The number of carbonyl (C=O) groups excluding carboxylic acids is 1. The van der Waals surface area contributed by atoms with Crippen molar-refractivity contribution in [1.82, 2.24) is 0 Å². The second kappa shape index (κ2) is 7.99. The summed E-state index contributed by atoms with van der Waals surface area (Å²) in [4.78, 5) is 11.9. The van der Waals surface area contributed by atoms with Gasteiger partial charge >= 0.3 is 0 Å². The molecule has 0 aliphatic heterocycles. The smallest absolute Gasteiger partial charge is 0.248 e. The molecule has 0 heterocycles. The standard InChI is InChI=1S/C16H11Cl2FINO2/c1-23-16-9(6-10(17)7-12(16)18)2-5-15(22)21-14-4-3-11(20)8-13(14)19/h2-8H,1H3,(H,21,22)/b5-2+. The van der Waals surface area contributed by atoms with Gasteiger partial charge in [-0.2, -0.15) is 0 Å². The summed E-state index contributed by atoms with van der Waals surface area (Å²) in [6.45, 7) is 0. The Balaban J connectivity index is 2.18. The van der Waals surface area contributed by atoms with E-state index in [9.17, 15) is 9.18 Å². The summed E-state index contributed by atoms with van der Waals surface area (Å²) in [5, 5.41) is 3.22. The van der Waals surface area contributed by atoms with E-state index in [4.69, 9.17) is 27.9 Å². The molecule has 0 aliphatic carbocycles. The number of ether oxygens (including phenoxy) is 1. The lowest BCUT2D eigenvalue weighted by molar-refractivity contribution is -0.111. The molecular formula is C16H11Cl2FINO2. The van der Waals surface area contributed by atoms with Crippen molar-refractivity contribution in [2.45, 2.75) is 0 Å². The van der Waals surface area contributed by atoms with Gasteiger partial charge in [-0.05, 0) is 59.0 Å². The Hall–Kier alpha value is -1.31. The maximum Gasteiger partial charge on any atom is 0.248 e. The van der Waals surface area contributed by atoms with Crippen molar-refractivity contribution >= 4 is 63.5 Å². The van der Waals surface area contributed by atoms with Crippen LogP contribution in [0.4, 0.5) is 10.1 Å². The third-order valence-corrected chi connectivity index (χ3v) is 4.01. The Morgan fingerprint density at radius 2 is 2.04 bits per heavy atom. The third kappa shape index (κ3) is 4.83. The lowest BCUT2D eigenvalue weighted by Crippen LogP contribution is -2.09. The fourth-order valence-corrected chi connectivity index (χ4v) is 2.89. The van der Waals surface area contributed by atoms with E-state index in [-0.39, 0.29) is 5.69 Å². The van der Waals surface area contributed by atoms with Crippen LogP contribution in [0, 0.1) is 9.39 Å². The fourth-order valence-electron chi connectivity index (χ4n) is 1.85. The van der Waals surface area contributed by atoms with Crippen LogP contribution in [0.5, 0.6) is 5.75 Å². The number of hydrogen-bond acceptors (Lipinski definition) is 2. The van der Waals surface area contributed by atoms with Crippen LogP contribution in [0.3, 0.4) is 0 Å². The molecule has 2 aromatic carbocycles. The first-order chi connectivity index (χ1) is 10.9. The van der Waals surface area contributed by atoms with E-state index in [1.165, 1.54) is 31.4 Å². The van der Waals surface area contributed by atoms with Crippen molar-refractivity contribution in [3.63, 3.8) is 0 Å². The van der Waals surface area contributed by atoms with Crippen LogP contribution < -0.4 is 10.1 Å². The topological polar surface area (TPSA) is 38.3 Å². The summed E-state index contributed by atoms with van der Waals surface area (Å²) >= 11 is 13.9. The summed E-state index contributed by atoms with van der Waals surface area (Å²) in [6, 6.07) is 7.68. The van der Waals surface area contributed by atoms with Crippen LogP contribution in [0.25, 0.3) is 6.08 Å². The zero-order valence-electron chi connectivity index (χ0n) is 11.9. The van der Waals surface area contributed by atoms with Crippen molar-refractivity contribution in [2.75, 3.05) is 12.4 Å². The molecule has 0 saturated heterocycles. The summed E-state index contributed by atoms with van der Waals surface area (Å²) < 4.78 is 19.6. The van der Waals surface area contributed by atoms with Gasteiger partial charge < -0.3 is 10.1 Å². The molecular weight excluding hydrogens is 455 g/mol. The quantitative estimate of drug-likeness (QED) is 0.485. The van der Waals surface area contributed by atoms with Gasteiger partial charge in [0.1, 0.15) is 11.6 Å². The maximum absolute atomic E-state index is 13.7. The number of benzene rings is 2. The highest BCUT2D eigenvalue weighted by molar-refractivity contribution is 14.1. The Morgan fingerprint density at radius 3 is 2.70 bits per heavy atom. The van der Waals surface area contributed by atoms with Crippen LogP contribution >= 0.6 is 45.8 Å². The average Bonchev–Trinajstić information content (AvgIpc) is 2.47. The van der Waals surface area contributed by atoms with Crippen LogP contribution in [0.2, 0.25) is 10.0 Å². The lowest BCUT2D eigenvalue weighted by atomic mass is 10.2. The zero-order valence-corrected chi connectivity index (χ0v) is 15.5. The van der Waals surface area contributed by atoms with Gasteiger partial charge in [0.2, 0.25) is 5.91 Å². The van der Waals surface area contributed by atoms with E-state index >= 15 is 0 Å². The number of halogens is 4. The molecule has 0 radical (unpaired) electrons. The molecule has 0 saturated carbocycles. The molecule has 3 nitrogen and oxygen atoms in total. The summed E-state index contributed by atoms with van der Waals surface area (Å²) in [5.74, 6) is -0.578. The predicted octanol–water partition coefficient (Wildman–Crippen LogP) is 5.40. The minimum atomic E-state index is -0.498. The Kier molecular flexibility index (Phi) is 6.26. The van der Waals surface area contributed by atoms with E-state index in [0.29, 0.717) is 21.4 Å². The normalized spacial score (nSPS) is 10.8. The molecule has 0 aromatic heterocycles. The largest absolute Gasteiger partial charge is 0.495 e. The number of carbonyl (C=O) groups is 1. The van der Waals surface area contributed by atoms with Crippen LogP contribution in [-0.2, 0) is 4.79 Å². The van der Waals surface area contributed by atoms with Gasteiger partial charge in [0.15, 0.2) is 0 Å². The van der Waals surface area contributed by atoms with Crippen molar-refractivity contribution in [3.05, 3.63) is 61.4 Å². The van der Waals surface area contributed by atoms with Crippen LogP contribution in [0.1, 0.15) is 5.56 Å². The molecule has 1 N–H and O–H groups in total. The molecule has 23 heavy (non-hydrogen) atoms. The van der Waals surface area contributed by atoms with Crippen LogP contribution in [-0.4, -0.2) is 13.0 Å². The van der Waals surface area contributed by atoms with Gasteiger partial charge in [0.25, 0.3) is 0 Å². The minimum absolute atomic E-state index is 0.108. The Morgan fingerprint density at radius 1 is 1.30 bits per heavy atom. The fraction of sp³-hybridized carbons (Fsp3) is 0.0625. The molecule has 0 aliphatic rings. The number of amides is 1. The first kappa shape index (κ1) is 18.0. The number of hydrogen-bond donors (Lipinski definition) is 1. The first-order valence-electron chi connectivity index (χ1n) is 6.38. The number of anilines is 1. The van der Waals surface area contributed by atoms with Crippen molar-refractivity contribution in [2.24, 2.45) is 0 Å². The molecule has 0 unspecified atom stereocenters. The molecule has 2 rings (SSSR count). The lowest BCUT2D eigenvalue weighted by Gasteiger charge is -2.08. The summed E-state index contributed by atoms with van der Waals surface area (Å²) in [6.07, 6.45) is 2.75. The van der Waals surface area contributed by atoms with E-state index in [2.05, 4.69) is 5.32 Å². The second-order valence-electron chi connectivity index (χ2n) is 4.46. The molecule has 1 amide bonds. The van der Waals surface area contributed by atoms with E-state index in [1.807, 2.05) is 22.6 Å². The summed E-state index contributed by atoms with van der Waals surface area (Å²) in [7, 11) is 1.47. The number of nitrogens with one attached hydrogen (secondary N) is 1. The van der Waals surface area contributed by atoms with Crippen molar-refractivity contribution < 1.29 is 13.9 Å². The molecule has 120 valence electrons. The maximum atomic E-state index is 13.7. The van der Waals surface area contributed by atoms with E-state index in [0.717, 1.165) is 3.57 Å². The minimum Gasteiger partial charge on any atom is -0.495 e. The highest BCUT2D eigenvalue weighted by Crippen LogP contribution is 2.33. The SMILES string of the molecule is COc1c(Cl)cc(Cl)cc1/C=C/C(=O)Nc1ccc(I)cc1F. The van der Waals surface area contributed by atoms with Crippen molar-refractivity contribution in [3.8, 4) is 5.75 Å². The van der Waals surface area contributed by atoms with Gasteiger partial charge in [-0.3, -0.25) is 4.79 Å². The van der Waals surface area contributed by atoms with Gasteiger partial charge in [0.05, 0.1) is 17.8 Å². The summed E-state index contributed by atoms with van der Waals surface area (Å²) in [5.41, 5.74) is 0.652. The molecule has 2 aromatic rings. The van der Waals surface area contributed by atoms with E-state index < -0.39 is 11.7 Å². The monoisotopic (exact) mass is 465 g/mol. The zero-order chi connectivity index (χ0) is 17.0. The third-order valence-electron chi connectivity index (χ3n) is 2.84. The number of methoxy groups -OCH3 is 1. The van der Waals surface area contributed by atoms with Crippen LogP contribution in [0.15, 0.2) is 36.4 Å². The second-order valence-corrected chi connectivity index (χ2v) is 6.55.